The molecule has 1 unspecified atom stereocenters. The molecule has 1 aliphatic heterocycles. The van der Waals surface area contributed by atoms with Crippen molar-refractivity contribution in [1.29, 1.82) is 0 Å². The molecule has 24 heavy (non-hydrogen) atoms. The summed E-state index contributed by atoms with van der Waals surface area (Å²) in [5, 5.41) is 6.41. The van der Waals surface area contributed by atoms with Gasteiger partial charge < -0.3 is 15.4 Å². The normalized spacial score (nSPS) is 24.4. The van der Waals surface area contributed by atoms with Gasteiger partial charge in [0.1, 0.15) is 0 Å². The van der Waals surface area contributed by atoms with Crippen LogP contribution in [0.5, 0.6) is 0 Å². The summed E-state index contributed by atoms with van der Waals surface area (Å²) in [5.41, 5.74) is 0. The summed E-state index contributed by atoms with van der Waals surface area (Å²) in [7, 11) is -2.86. The van der Waals surface area contributed by atoms with Crippen molar-refractivity contribution in [2.75, 3.05) is 31.2 Å². The summed E-state index contributed by atoms with van der Waals surface area (Å²) < 4.78 is 28.9. The molecule has 142 valence electrons. The van der Waals surface area contributed by atoms with Gasteiger partial charge in [0.25, 0.3) is 0 Å². The van der Waals surface area contributed by atoms with Crippen molar-refractivity contribution in [3.8, 4) is 0 Å². The lowest BCUT2D eigenvalue weighted by Gasteiger charge is -2.21. The molecule has 2 aliphatic rings. The first-order valence-corrected chi connectivity index (χ1v) is 10.8. The van der Waals surface area contributed by atoms with E-state index < -0.39 is 9.84 Å². The van der Waals surface area contributed by atoms with Crippen molar-refractivity contribution >= 4 is 39.8 Å². The molecule has 0 amide bonds. The topological polar surface area (TPSA) is 79.8 Å². The smallest absolute Gasteiger partial charge is 0.191 e. The monoisotopic (exact) mass is 473 g/mol. The van der Waals surface area contributed by atoms with Crippen LogP contribution in [0.25, 0.3) is 0 Å². The lowest BCUT2D eigenvalue weighted by molar-refractivity contribution is 0.0281. The van der Waals surface area contributed by atoms with Gasteiger partial charge in [0.05, 0.1) is 17.6 Å². The Morgan fingerprint density at radius 3 is 2.58 bits per heavy atom. The Hall–Kier alpha value is -0.0900. The van der Waals surface area contributed by atoms with E-state index in [1.165, 1.54) is 32.1 Å². The summed E-state index contributed by atoms with van der Waals surface area (Å²) in [6.45, 7) is 4.23. The second kappa shape index (κ2) is 11.5. The zero-order valence-electron chi connectivity index (χ0n) is 14.6. The SMILES string of the molecule is CCNC(=NCCCOC1CCCCC1)NC1CCS(=O)(=O)C1.I. The fourth-order valence-electron chi connectivity index (χ4n) is 3.16. The summed E-state index contributed by atoms with van der Waals surface area (Å²) >= 11 is 0. The molecule has 0 spiro atoms. The third kappa shape index (κ3) is 8.33. The Labute approximate surface area is 163 Å². The first-order valence-electron chi connectivity index (χ1n) is 8.96. The molecule has 0 aromatic heterocycles. The van der Waals surface area contributed by atoms with Gasteiger partial charge in [-0.15, -0.1) is 24.0 Å². The number of sulfone groups is 1. The molecular weight excluding hydrogens is 441 g/mol. The summed E-state index contributed by atoms with van der Waals surface area (Å²) in [6.07, 6.45) is 8.34. The Morgan fingerprint density at radius 2 is 1.96 bits per heavy atom. The number of nitrogens with one attached hydrogen (secondary N) is 2. The Kier molecular flexibility index (Phi) is 10.5. The van der Waals surface area contributed by atoms with Crippen molar-refractivity contribution < 1.29 is 13.2 Å². The predicted molar refractivity (Wildman–Crippen MR) is 109 cm³/mol. The molecule has 2 rings (SSSR count). The number of ether oxygens (including phenoxy) is 1. The van der Waals surface area contributed by atoms with E-state index in [9.17, 15) is 8.42 Å². The summed E-state index contributed by atoms with van der Waals surface area (Å²) in [5.74, 6) is 1.20. The van der Waals surface area contributed by atoms with Crippen molar-refractivity contribution in [1.82, 2.24) is 10.6 Å². The van der Waals surface area contributed by atoms with Crippen LogP contribution in [0.4, 0.5) is 0 Å². The molecule has 2 fully saturated rings. The Bertz CT molecular complexity index is 479. The molecule has 1 aliphatic carbocycles. The maximum Gasteiger partial charge on any atom is 0.191 e. The number of rotatable bonds is 7. The van der Waals surface area contributed by atoms with E-state index in [0.717, 1.165) is 19.6 Å². The van der Waals surface area contributed by atoms with E-state index >= 15 is 0 Å². The lowest BCUT2D eigenvalue weighted by atomic mass is 9.98. The first kappa shape index (κ1) is 22.0. The van der Waals surface area contributed by atoms with E-state index in [-0.39, 0.29) is 41.5 Å². The molecule has 0 aromatic rings. The minimum Gasteiger partial charge on any atom is -0.378 e. The highest BCUT2D eigenvalue weighted by molar-refractivity contribution is 14.0. The standard InChI is InChI=1S/C16H31N3O3S.HI/c1-2-17-16(19-14-9-12-23(20,21)13-14)18-10-6-11-22-15-7-4-3-5-8-15;/h14-15H,2-13H2,1H3,(H2,17,18,19);1H. The van der Waals surface area contributed by atoms with Gasteiger partial charge >= 0.3 is 0 Å². The van der Waals surface area contributed by atoms with Crippen LogP contribution < -0.4 is 10.6 Å². The molecular formula is C16H32IN3O3S. The fourth-order valence-corrected chi connectivity index (χ4v) is 4.83. The predicted octanol–water partition coefficient (Wildman–Crippen LogP) is 2.09. The van der Waals surface area contributed by atoms with Crippen LogP contribution >= 0.6 is 24.0 Å². The molecule has 1 saturated heterocycles. The van der Waals surface area contributed by atoms with Gasteiger partial charge in [-0.1, -0.05) is 19.3 Å². The van der Waals surface area contributed by atoms with Crippen LogP contribution in [0.15, 0.2) is 4.99 Å². The second-order valence-corrected chi connectivity index (χ2v) is 8.72. The molecule has 2 N–H and O–H groups in total. The van der Waals surface area contributed by atoms with E-state index in [4.69, 9.17) is 4.74 Å². The van der Waals surface area contributed by atoms with Crippen LogP contribution in [0.3, 0.4) is 0 Å². The highest BCUT2D eigenvalue weighted by Crippen LogP contribution is 2.20. The Morgan fingerprint density at radius 1 is 1.21 bits per heavy atom. The molecule has 6 nitrogen and oxygen atoms in total. The van der Waals surface area contributed by atoms with Crippen LogP contribution in [-0.2, 0) is 14.6 Å². The number of nitrogens with zero attached hydrogens (tertiary/aromatic N) is 1. The van der Waals surface area contributed by atoms with Crippen molar-refractivity contribution in [3.63, 3.8) is 0 Å². The molecule has 0 bridgehead atoms. The molecule has 0 radical (unpaired) electrons. The number of aliphatic imine (C=N–C) groups is 1. The van der Waals surface area contributed by atoms with E-state index in [1.54, 1.807) is 0 Å². The van der Waals surface area contributed by atoms with Crippen molar-refractivity contribution in [2.24, 2.45) is 4.99 Å². The minimum absolute atomic E-state index is 0. The third-order valence-corrected chi connectivity index (χ3v) is 6.16. The molecule has 1 heterocycles. The Balaban J connectivity index is 0.00000288. The summed E-state index contributed by atoms with van der Waals surface area (Å²) in [6, 6.07) is -0.0173. The van der Waals surface area contributed by atoms with Gasteiger partial charge in [0.2, 0.25) is 0 Å². The molecule has 1 atom stereocenters. The third-order valence-electron chi connectivity index (χ3n) is 4.40. The zero-order chi connectivity index (χ0) is 16.5. The van der Waals surface area contributed by atoms with Crippen LogP contribution in [0.1, 0.15) is 51.9 Å². The fraction of sp³-hybridized carbons (Fsp3) is 0.938. The second-order valence-electron chi connectivity index (χ2n) is 6.49. The van der Waals surface area contributed by atoms with Gasteiger partial charge in [-0.3, -0.25) is 4.99 Å². The van der Waals surface area contributed by atoms with E-state index in [0.29, 0.717) is 25.0 Å². The van der Waals surface area contributed by atoms with E-state index in [1.807, 2.05) is 6.92 Å². The van der Waals surface area contributed by atoms with Crippen LogP contribution in [0, 0.1) is 0 Å². The first-order chi connectivity index (χ1) is 11.1. The maximum atomic E-state index is 11.5. The van der Waals surface area contributed by atoms with Crippen LogP contribution in [-0.4, -0.2) is 57.7 Å². The van der Waals surface area contributed by atoms with Gasteiger partial charge in [-0.05, 0) is 32.6 Å². The minimum atomic E-state index is -2.86. The maximum absolute atomic E-state index is 11.5. The largest absolute Gasteiger partial charge is 0.378 e. The van der Waals surface area contributed by atoms with Crippen molar-refractivity contribution in [2.45, 2.75) is 64.0 Å². The van der Waals surface area contributed by atoms with E-state index in [2.05, 4.69) is 15.6 Å². The van der Waals surface area contributed by atoms with Gasteiger partial charge in [0.15, 0.2) is 15.8 Å². The number of hydrogen-bond acceptors (Lipinski definition) is 4. The highest BCUT2D eigenvalue weighted by atomic mass is 127. The van der Waals surface area contributed by atoms with Gasteiger partial charge in [0, 0.05) is 25.7 Å². The molecule has 0 aromatic carbocycles. The number of hydrogen-bond donors (Lipinski definition) is 2. The number of guanidine groups is 1. The highest BCUT2D eigenvalue weighted by Gasteiger charge is 2.28. The van der Waals surface area contributed by atoms with Crippen LogP contribution in [0.2, 0.25) is 0 Å². The average molecular weight is 473 g/mol. The summed E-state index contributed by atoms with van der Waals surface area (Å²) in [4.78, 5) is 4.53. The molecule has 1 saturated carbocycles. The lowest BCUT2D eigenvalue weighted by Crippen LogP contribution is -2.44. The van der Waals surface area contributed by atoms with Gasteiger partial charge in [-0.25, -0.2) is 8.42 Å². The average Bonchev–Trinajstić information content (AvgIpc) is 2.87. The number of halogens is 1. The molecule has 8 heteroatoms. The van der Waals surface area contributed by atoms with Crippen molar-refractivity contribution in [3.05, 3.63) is 0 Å². The zero-order valence-corrected chi connectivity index (χ0v) is 17.8. The van der Waals surface area contributed by atoms with Gasteiger partial charge in [-0.2, -0.15) is 0 Å². The quantitative estimate of drug-likeness (QED) is 0.256.